The summed E-state index contributed by atoms with van der Waals surface area (Å²) >= 11 is 0. The van der Waals surface area contributed by atoms with Crippen LogP contribution in [0.3, 0.4) is 0 Å². The Bertz CT molecular complexity index is 178. The Morgan fingerprint density at radius 2 is 1.88 bits per heavy atom. The minimum Gasteiger partial charge on any atom is -0.324 e. The van der Waals surface area contributed by atoms with E-state index < -0.39 is 15.4 Å². The summed E-state index contributed by atoms with van der Waals surface area (Å²) < 4.78 is 20.8. The Kier molecular flexibility index (Phi) is 0.941. The van der Waals surface area contributed by atoms with Crippen molar-refractivity contribution in [3.8, 4) is 0 Å². The first-order valence-corrected chi connectivity index (χ1v) is 4.23. The third-order valence-corrected chi connectivity index (χ3v) is 3.30. The van der Waals surface area contributed by atoms with Crippen molar-refractivity contribution in [3.63, 3.8) is 0 Å². The van der Waals surface area contributed by atoms with Gasteiger partial charge >= 0.3 is 0 Å². The fourth-order valence-electron chi connectivity index (χ4n) is 0.962. The Labute approximate surface area is 48.8 Å². The van der Waals surface area contributed by atoms with Gasteiger partial charge in [0.1, 0.15) is 0 Å². The van der Waals surface area contributed by atoms with Crippen molar-refractivity contribution in [2.24, 2.45) is 5.73 Å². The van der Waals surface area contributed by atoms with E-state index in [0.29, 0.717) is 0 Å². The van der Waals surface area contributed by atoms with Crippen LogP contribution < -0.4 is 5.73 Å². The highest BCUT2D eigenvalue weighted by Gasteiger charge is 2.40. The molecule has 0 bridgehead atoms. The van der Waals surface area contributed by atoms with Gasteiger partial charge in [-0.2, -0.15) is 0 Å². The second kappa shape index (κ2) is 1.25. The van der Waals surface area contributed by atoms with E-state index in [1.165, 1.54) is 0 Å². The standard InChI is InChI=1S/C4H9NO2S/c1-4(5)2-8(6,7)3-4/h2-3,5H2,1H3. The molecule has 1 aliphatic rings. The molecule has 48 valence electrons. The third kappa shape index (κ3) is 1.00. The van der Waals surface area contributed by atoms with Crippen LogP contribution in [0.25, 0.3) is 0 Å². The van der Waals surface area contributed by atoms with Crippen LogP contribution in [0.15, 0.2) is 0 Å². The van der Waals surface area contributed by atoms with E-state index >= 15 is 0 Å². The first-order valence-electron chi connectivity index (χ1n) is 2.41. The van der Waals surface area contributed by atoms with Gasteiger partial charge in [0.05, 0.1) is 11.5 Å². The van der Waals surface area contributed by atoms with E-state index in [1.807, 2.05) is 0 Å². The Balaban J connectivity index is 2.68. The molecular formula is C4H9NO2S. The van der Waals surface area contributed by atoms with E-state index in [1.54, 1.807) is 6.92 Å². The smallest absolute Gasteiger partial charge is 0.153 e. The summed E-state index contributed by atoms with van der Waals surface area (Å²) in [7, 11) is -2.71. The van der Waals surface area contributed by atoms with Crippen LogP contribution in [0, 0.1) is 0 Å². The zero-order chi connectivity index (χ0) is 6.41. The van der Waals surface area contributed by atoms with Gasteiger partial charge in [-0.3, -0.25) is 0 Å². The zero-order valence-corrected chi connectivity index (χ0v) is 5.53. The van der Waals surface area contributed by atoms with Crippen LogP contribution in [0.5, 0.6) is 0 Å². The van der Waals surface area contributed by atoms with Crippen LogP contribution in [0.2, 0.25) is 0 Å². The summed E-state index contributed by atoms with van der Waals surface area (Å²) in [5.41, 5.74) is 4.99. The molecule has 0 unspecified atom stereocenters. The van der Waals surface area contributed by atoms with Gasteiger partial charge in [0.15, 0.2) is 9.84 Å². The first kappa shape index (κ1) is 6.04. The van der Waals surface area contributed by atoms with Crippen LogP contribution >= 0.6 is 0 Å². The maximum Gasteiger partial charge on any atom is 0.153 e. The summed E-state index contributed by atoms with van der Waals surface area (Å²) in [4.78, 5) is 0. The van der Waals surface area contributed by atoms with Gasteiger partial charge in [-0.15, -0.1) is 0 Å². The molecule has 0 aromatic heterocycles. The van der Waals surface area contributed by atoms with Gasteiger partial charge in [0, 0.05) is 5.54 Å². The molecule has 0 aliphatic carbocycles. The van der Waals surface area contributed by atoms with Crippen LogP contribution in [-0.4, -0.2) is 25.5 Å². The molecule has 0 radical (unpaired) electrons. The van der Waals surface area contributed by atoms with Crippen molar-refractivity contribution >= 4 is 9.84 Å². The molecular weight excluding hydrogens is 126 g/mol. The molecule has 3 nitrogen and oxygen atoms in total. The average molecular weight is 135 g/mol. The number of hydrogen-bond donors (Lipinski definition) is 1. The first-order chi connectivity index (χ1) is 3.41. The summed E-state index contributed by atoms with van der Waals surface area (Å²) in [5, 5.41) is 0. The quantitative estimate of drug-likeness (QED) is 0.470. The van der Waals surface area contributed by atoms with Crippen LogP contribution in [-0.2, 0) is 9.84 Å². The second-order valence-corrected chi connectivity index (χ2v) is 4.75. The van der Waals surface area contributed by atoms with Crippen molar-refractivity contribution < 1.29 is 8.42 Å². The molecule has 0 aromatic rings. The maximum atomic E-state index is 10.4. The van der Waals surface area contributed by atoms with Crippen molar-refractivity contribution in [3.05, 3.63) is 0 Å². The highest BCUT2D eigenvalue weighted by atomic mass is 32.2. The molecule has 1 fully saturated rings. The van der Waals surface area contributed by atoms with Crippen molar-refractivity contribution in [2.75, 3.05) is 11.5 Å². The number of rotatable bonds is 0. The van der Waals surface area contributed by atoms with Crippen molar-refractivity contribution in [1.82, 2.24) is 0 Å². The fraction of sp³-hybridized carbons (Fsp3) is 1.00. The molecule has 1 saturated heterocycles. The largest absolute Gasteiger partial charge is 0.324 e. The lowest BCUT2D eigenvalue weighted by Crippen LogP contribution is -2.59. The van der Waals surface area contributed by atoms with Crippen LogP contribution in [0.1, 0.15) is 6.92 Å². The molecule has 1 rings (SSSR count). The van der Waals surface area contributed by atoms with E-state index in [-0.39, 0.29) is 11.5 Å². The minimum atomic E-state index is -2.71. The zero-order valence-electron chi connectivity index (χ0n) is 4.72. The number of hydrogen-bond acceptors (Lipinski definition) is 3. The molecule has 1 heterocycles. The van der Waals surface area contributed by atoms with Gasteiger partial charge in [-0.1, -0.05) is 0 Å². The van der Waals surface area contributed by atoms with Crippen molar-refractivity contribution in [1.29, 1.82) is 0 Å². The van der Waals surface area contributed by atoms with Crippen molar-refractivity contribution in [2.45, 2.75) is 12.5 Å². The maximum absolute atomic E-state index is 10.4. The SMILES string of the molecule is CC1(N)CS(=O)(=O)C1. The average Bonchev–Trinajstić information content (AvgIpc) is 1.20. The Hall–Kier alpha value is -0.0900. The Morgan fingerprint density at radius 1 is 1.50 bits per heavy atom. The summed E-state index contributed by atoms with van der Waals surface area (Å²) in [6, 6.07) is 0. The predicted molar refractivity (Wildman–Crippen MR) is 31.2 cm³/mol. The summed E-state index contributed by atoms with van der Waals surface area (Å²) in [5.74, 6) is 0.306. The molecule has 0 atom stereocenters. The third-order valence-electron chi connectivity index (χ3n) is 1.10. The van der Waals surface area contributed by atoms with E-state index in [0.717, 1.165) is 0 Å². The highest BCUT2D eigenvalue weighted by Crippen LogP contribution is 2.18. The molecule has 0 saturated carbocycles. The molecule has 1 aliphatic heterocycles. The van der Waals surface area contributed by atoms with Gasteiger partial charge < -0.3 is 5.73 Å². The minimum absolute atomic E-state index is 0.153. The molecule has 0 spiro atoms. The summed E-state index contributed by atoms with van der Waals surface area (Å²) in [6.45, 7) is 1.74. The normalized spacial score (nSPS) is 31.2. The number of nitrogens with two attached hydrogens (primary N) is 1. The molecule has 2 N–H and O–H groups in total. The van der Waals surface area contributed by atoms with Gasteiger partial charge in [-0.25, -0.2) is 8.42 Å². The van der Waals surface area contributed by atoms with E-state index in [4.69, 9.17) is 5.73 Å². The lowest BCUT2D eigenvalue weighted by molar-refractivity contribution is 0.489. The highest BCUT2D eigenvalue weighted by molar-refractivity contribution is 7.93. The van der Waals surface area contributed by atoms with Gasteiger partial charge in [-0.05, 0) is 6.92 Å². The Morgan fingerprint density at radius 3 is 1.88 bits per heavy atom. The molecule has 8 heavy (non-hydrogen) atoms. The lowest BCUT2D eigenvalue weighted by Gasteiger charge is -2.33. The van der Waals surface area contributed by atoms with E-state index in [9.17, 15) is 8.42 Å². The molecule has 0 aromatic carbocycles. The lowest BCUT2D eigenvalue weighted by atomic mass is 10.1. The van der Waals surface area contributed by atoms with E-state index in [2.05, 4.69) is 0 Å². The number of sulfone groups is 1. The molecule has 4 heteroatoms. The van der Waals surface area contributed by atoms with Gasteiger partial charge in [0.2, 0.25) is 0 Å². The summed E-state index contributed by atoms with van der Waals surface area (Å²) in [6.07, 6.45) is 0. The monoisotopic (exact) mass is 135 g/mol. The second-order valence-electron chi connectivity index (χ2n) is 2.69. The topological polar surface area (TPSA) is 60.2 Å². The molecule has 0 amide bonds. The van der Waals surface area contributed by atoms with Crippen LogP contribution in [0.4, 0.5) is 0 Å². The van der Waals surface area contributed by atoms with Gasteiger partial charge in [0.25, 0.3) is 0 Å². The predicted octanol–water partition coefficient (Wildman–Crippen LogP) is -0.868. The fourth-order valence-corrected chi connectivity index (χ4v) is 2.89.